The Morgan fingerprint density at radius 3 is 1.82 bits per heavy atom. The second-order valence-electron chi connectivity index (χ2n) is 6.47. The van der Waals surface area contributed by atoms with Gasteiger partial charge in [0.05, 0.1) is 5.56 Å². The number of aryl methyl sites for hydroxylation is 2. The highest BCUT2D eigenvalue weighted by Gasteiger charge is 2.17. The standard InChI is InChI=1S/C21H19BN6/c1-13-4-8-16(9-5-13)24-20-18(12-23)15(3)19(27-28-22)21(26-20)25-17-10-6-14(2)7-11-17/h4-11H,1-3H3,(H2,24,25,26). The highest BCUT2D eigenvalue weighted by Crippen LogP contribution is 2.36. The van der Waals surface area contributed by atoms with Crippen molar-refractivity contribution in [3.63, 3.8) is 0 Å². The third-order valence-electron chi connectivity index (χ3n) is 4.31. The van der Waals surface area contributed by atoms with Gasteiger partial charge in [-0.3, -0.25) is 5.03 Å². The largest absolute Gasteiger partial charge is 0.339 e. The molecule has 136 valence electrons. The van der Waals surface area contributed by atoms with E-state index in [1.165, 1.54) is 0 Å². The number of aromatic nitrogens is 1. The summed E-state index contributed by atoms with van der Waals surface area (Å²) in [5.74, 6) is 0.901. The maximum Gasteiger partial charge on any atom is 0.293 e. The summed E-state index contributed by atoms with van der Waals surface area (Å²) >= 11 is 0. The molecule has 0 aliphatic rings. The summed E-state index contributed by atoms with van der Waals surface area (Å²) in [6.07, 6.45) is 0. The van der Waals surface area contributed by atoms with Crippen molar-refractivity contribution in [2.24, 2.45) is 10.1 Å². The summed E-state index contributed by atoms with van der Waals surface area (Å²) in [5.41, 5.74) is 5.43. The van der Waals surface area contributed by atoms with Crippen molar-refractivity contribution < 1.29 is 0 Å². The second-order valence-corrected chi connectivity index (χ2v) is 6.47. The van der Waals surface area contributed by atoms with Gasteiger partial charge in [0.2, 0.25) is 0 Å². The van der Waals surface area contributed by atoms with Gasteiger partial charge >= 0.3 is 0 Å². The van der Waals surface area contributed by atoms with E-state index in [9.17, 15) is 5.26 Å². The monoisotopic (exact) mass is 366 g/mol. The molecule has 0 aliphatic carbocycles. The van der Waals surface area contributed by atoms with Crippen LogP contribution in [-0.2, 0) is 0 Å². The van der Waals surface area contributed by atoms with Gasteiger partial charge < -0.3 is 10.6 Å². The molecule has 3 aromatic rings. The summed E-state index contributed by atoms with van der Waals surface area (Å²) in [6.45, 7) is 5.83. The van der Waals surface area contributed by atoms with Crippen molar-refractivity contribution in [1.82, 2.24) is 4.98 Å². The van der Waals surface area contributed by atoms with E-state index >= 15 is 0 Å². The zero-order valence-electron chi connectivity index (χ0n) is 16.0. The van der Waals surface area contributed by atoms with E-state index in [1.807, 2.05) is 62.4 Å². The molecule has 0 amide bonds. The van der Waals surface area contributed by atoms with Crippen molar-refractivity contribution in [3.8, 4) is 6.07 Å². The number of rotatable bonds is 5. The lowest BCUT2D eigenvalue weighted by molar-refractivity contribution is 1.19. The van der Waals surface area contributed by atoms with Crippen LogP contribution in [0.25, 0.3) is 0 Å². The summed E-state index contributed by atoms with van der Waals surface area (Å²) in [5, 5.41) is 23.5. The number of benzene rings is 2. The molecule has 7 heteroatoms. The first-order valence-electron chi connectivity index (χ1n) is 8.75. The van der Waals surface area contributed by atoms with E-state index in [0.29, 0.717) is 28.5 Å². The maximum atomic E-state index is 9.67. The van der Waals surface area contributed by atoms with Crippen molar-refractivity contribution in [2.45, 2.75) is 20.8 Å². The van der Waals surface area contributed by atoms with E-state index in [-0.39, 0.29) is 0 Å². The van der Waals surface area contributed by atoms with E-state index in [2.05, 4.69) is 31.8 Å². The van der Waals surface area contributed by atoms with Crippen LogP contribution in [0.15, 0.2) is 58.7 Å². The average Bonchev–Trinajstić information content (AvgIpc) is 2.68. The fourth-order valence-corrected chi connectivity index (χ4v) is 2.74. The third-order valence-corrected chi connectivity index (χ3v) is 4.31. The molecule has 2 aromatic carbocycles. The van der Waals surface area contributed by atoms with Gasteiger partial charge in [0.15, 0.2) is 11.6 Å². The molecule has 1 aromatic heterocycles. The number of pyridine rings is 1. The van der Waals surface area contributed by atoms with Gasteiger partial charge in [-0.05, 0) is 45.0 Å². The zero-order valence-corrected chi connectivity index (χ0v) is 16.0. The molecule has 0 aliphatic heterocycles. The summed E-state index contributed by atoms with van der Waals surface area (Å²) in [7, 11) is 5.28. The van der Waals surface area contributed by atoms with Gasteiger partial charge in [0.1, 0.15) is 11.8 Å². The minimum Gasteiger partial charge on any atom is -0.339 e. The number of nitrogens with one attached hydrogen (secondary N) is 2. The smallest absolute Gasteiger partial charge is 0.293 e. The Morgan fingerprint density at radius 2 is 1.36 bits per heavy atom. The predicted octanol–water partition coefficient (Wildman–Crippen LogP) is 5.53. The molecule has 0 bridgehead atoms. The van der Waals surface area contributed by atoms with Crippen LogP contribution in [0.4, 0.5) is 28.7 Å². The number of hydrogen-bond donors (Lipinski definition) is 2. The fraction of sp³-hybridized carbons (Fsp3) is 0.143. The zero-order chi connectivity index (χ0) is 20.1. The normalized spacial score (nSPS) is 10.6. The first-order chi connectivity index (χ1) is 13.5. The van der Waals surface area contributed by atoms with Crippen LogP contribution in [0.3, 0.4) is 0 Å². The first kappa shape index (κ1) is 19.1. The van der Waals surface area contributed by atoms with Crippen LogP contribution >= 0.6 is 0 Å². The van der Waals surface area contributed by atoms with Crippen molar-refractivity contribution >= 4 is 36.7 Å². The molecule has 0 unspecified atom stereocenters. The van der Waals surface area contributed by atoms with Crippen LogP contribution in [-0.4, -0.2) is 13.0 Å². The van der Waals surface area contributed by atoms with Crippen LogP contribution in [0.5, 0.6) is 0 Å². The number of hydrogen-bond acceptors (Lipinski definition) is 6. The minimum atomic E-state index is 0.387. The number of nitriles is 1. The molecule has 0 spiro atoms. The molecule has 3 rings (SSSR count). The lowest BCUT2D eigenvalue weighted by atomic mass is 10.1. The van der Waals surface area contributed by atoms with Crippen LogP contribution < -0.4 is 10.6 Å². The van der Waals surface area contributed by atoms with Gasteiger partial charge in [0, 0.05) is 16.9 Å². The Morgan fingerprint density at radius 1 is 0.857 bits per heavy atom. The van der Waals surface area contributed by atoms with Crippen molar-refractivity contribution in [1.29, 1.82) is 5.26 Å². The molecule has 6 nitrogen and oxygen atoms in total. The Hall–Kier alpha value is -3.66. The Balaban J connectivity index is 2.08. The van der Waals surface area contributed by atoms with Gasteiger partial charge in [-0.15, -0.1) is 0 Å². The lowest BCUT2D eigenvalue weighted by Crippen LogP contribution is -2.04. The van der Waals surface area contributed by atoms with Crippen LogP contribution in [0.1, 0.15) is 22.3 Å². The third kappa shape index (κ3) is 4.18. The summed E-state index contributed by atoms with van der Waals surface area (Å²) in [4.78, 5) is 4.60. The van der Waals surface area contributed by atoms with E-state index < -0.39 is 0 Å². The molecule has 0 saturated heterocycles. The topological polar surface area (TPSA) is 85.5 Å². The minimum absolute atomic E-state index is 0.387. The maximum absolute atomic E-state index is 9.67. The Kier molecular flexibility index (Phi) is 5.71. The Labute approximate surface area is 165 Å². The molecule has 28 heavy (non-hydrogen) atoms. The quantitative estimate of drug-likeness (QED) is 0.459. The van der Waals surface area contributed by atoms with Crippen molar-refractivity contribution in [2.75, 3.05) is 10.6 Å². The molecule has 2 radical (unpaired) electrons. The highest BCUT2D eigenvalue weighted by atomic mass is 15.1. The second kappa shape index (κ2) is 8.36. The SMILES string of the molecule is [B]N=Nc1c(Nc2ccc(C)cc2)nc(Nc2ccc(C)cc2)c(C#N)c1C. The molecule has 0 atom stereocenters. The van der Waals surface area contributed by atoms with Gasteiger partial charge in [-0.1, -0.05) is 35.4 Å². The molecule has 0 saturated carbocycles. The van der Waals surface area contributed by atoms with Gasteiger partial charge in [0.25, 0.3) is 7.98 Å². The van der Waals surface area contributed by atoms with Gasteiger partial charge in [-0.2, -0.15) is 10.4 Å². The van der Waals surface area contributed by atoms with E-state index in [1.54, 1.807) is 6.92 Å². The molecule has 1 heterocycles. The lowest BCUT2D eigenvalue weighted by Gasteiger charge is -2.16. The van der Waals surface area contributed by atoms with E-state index in [0.717, 1.165) is 22.5 Å². The molecule has 0 fully saturated rings. The molecular formula is C21H19BN6. The fourth-order valence-electron chi connectivity index (χ4n) is 2.74. The predicted molar refractivity (Wildman–Crippen MR) is 113 cm³/mol. The Bertz CT molecular complexity index is 1050. The number of nitrogens with zero attached hydrogens (tertiary/aromatic N) is 4. The summed E-state index contributed by atoms with van der Waals surface area (Å²) < 4.78 is 0. The molecular weight excluding hydrogens is 347 g/mol. The average molecular weight is 366 g/mol. The summed E-state index contributed by atoms with van der Waals surface area (Å²) in [6, 6.07) is 17.9. The molecule has 2 N–H and O–H groups in total. The highest BCUT2D eigenvalue weighted by molar-refractivity contribution is 6.05. The van der Waals surface area contributed by atoms with Crippen molar-refractivity contribution in [3.05, 3.63) is 70.8 Å². The van der Waals surface area contributed by atoms with Gasteiger partial charge in [-0.25, -0.2) is 4.98 Å². The van der Waals surface area contributed by atoms with E-state index in [4.69, 9.17) is 7.98 Å². The number of anilines is 4. The first-order valence-corrected chi connectivity index (χ1v) is 8.75. The van der Waals surface area contributed by atoms with Crippen LogP contribution in [0, 0.1) is 32.1 Å². The van der Waals surface area contributed by atoms with Crippen LogP contribution in [0.2, 0.25) is 0 Å².